The number of hydrogen-bond acceptors (Lipinski definition) is 3. The maximum Gasteiger partial charge on any atom is 0.266 e. The maximum atomic E-state index is 13.7. The predicted molar refractivity (Wildman–Crippen MR) is 124 cm³/mol. The van der Waals surface area contributed by atoms with Gasteiger partial charge < -0.3 is 5.11 Å². The van der Waals surface area contributed by atoms with Crippen LogP contribution in [0.3, 0.4) is 0 Å². The van der Waals surface area contributed by atoms with E-state index in [1.807, 2.05) is 80.6 Å². The Morgan fingerprint density at radius 1 is 0.871 bits per heavy atom. The molecule has 4 rings (SSSR count). The highest BCUT2D eigenvalue weighted by atomic mass is 32.2. The lowest BCUT2D eigenvalue weighted by Gasteiger charge is -2.42. The average Bonchev–Trinajstić information content (AvgIpc) is 2.79. The van der Waals surface area contributed by atoms with E-state index >= 15 is 0 Å². The highest BCUT2D eigenvalue weighted by Crippen LogP contribution is 2.44. The van der Waals surface area contributed by atoms with Gasteiger partial charge in [-0.3, -0.25) is 0 Å². The van der Waals surface area contributed by atoms with Crippen LogP contribution in [0, 0.1) is 12.8 Å². The Hall–Kier alpha value is -2.89. The van der Waals surface area contributed by atoms with Crippen LogP contribution in [-0.4, -0.2) is 24.1 Å². The Balaban J connectivity index is 1.91. The lowest BCUT2D eigenvalue weighted by Crippen LogP contribution is -2.47. The van der Waals surface area contributed by atoms with Gasteiger partial charge in [-0.1, -0.05) is 91.4 Å². The third-order valence-electron chi connectivity index (χ3n) is 5.96. The number of aliphatic hydroxyl groups is 1. The fourth-order valence-electron chi connectivity index (χ4n) is 4.28. The molecule has 3 aromatic rings. The van der Waals surface area contributed by atoms with Gasteiger partial charge in [-0.2, -0.15) is 0 Å². The average molecular weight is 434 g/mol. The molecule has 0 saturated carbocycles. The molecular weight excluding hydrogens is 406 g/mol. The molecule has 1 aliphatic rings. The minimum atomic E-state index is -3.96. The number of benzene rings is 3. The van der Waals surface area contributed by atoms with Crippen molar-refractivity contribution < 1.29 is 13.5 Å². The Morgan fingerprint density at radius 2 is 1.45 bits per heavy atom. The van der Waals surface area contributed by atoms with Crippen molar-refractivity contribution in [2.75, 3.05) is 0 Å². The standard InChI is InChI=1S/C26H27NO3S/c1-3-23-24(20-10-6-4-7-11-20)18-25(21-12-8-5-9-13-21)27(26(23)28)31(29,30)22-16-14-19(2)15-17-22/h4-18,23-24,26,28H,3H2,1-2H3/t23-,24-,26-/m1/s1. The summed E-state index contributed by atoms with van der Waals surface area (Å²) in [5.74, 6) is -0.365. The molecule has 1 heterocycles. The lowest BCUT2D eigenvalue weighted by atomic mass is 9.79. The molecule has 3 atom stereocenters. The third kappa shape index (κ3) is 4.03. The van der Waals surface area contributed by atoms with E-state index in [9.17, 15) is 13.5 Å². The van der Waals surface area contributed by atoms with Crippen LogP contribution < -0.4 is 0 Å². The molecule has 4 nitrogen and oxygen atoms in total. The summed E-state index contributed by atoms with van der Waals surface area (Å²) >= 11 is 0. The molecule has 0 bridgehead atoms. The molecule has 31 heavy (non-hydrogen) atoms. The molecule has 0 spiro atoms. The van der Waals surface area contributed by atoms with Gasteiger partial charge in [0, 0.05) is 11.8 Å². The maximum absolute atomic E-state index is 13.7. The second-order valence-electron chi connectivity index (χ2n) is 7.95. The number of nitrogens with zero attached hydrogens (tertiary/aromatic N) is 1. The summed E-state index contributed by atoms with van der Waals surface area (Å²) in [6.45, 7) is 3.90. The summed E-state index contributed by atoms with van der Waals surface area (Å²) in [7, 11) is -3.96. The van der Waals surface area contributed by atoms with Gasteiger partial charge >= 0.3 is 0 Å². The summed E-state index contributed by atoms with van der Waals surface area (Å²) in [6.07, 6.45) is 1.46. The van der Waals surface area contributed by atoms with Gasteiger partial charge in [-0.05, 0) is 36.6 Å². The first kappa shape index (κ1) is 21.3. The first-order valence-electron chi connectivity index (χ1n) is 10.5. The van der Waals surface area contributed by atoms with Crippen molar-refractivity contribution in [2.24, 2.45) is 5.92 Å². The SMILES string of the molecule is CC[C@@H]1[C@@H](c2ccccc2)C=C(c2ccccc2)N(S(=O)(=O)c2ccc(C)cc2)[C@@H]1O. The molecule has 0 radical (unpaired) electrons. The number of aliphatic hydroxyl groups excluding tert-OH is 1. The van der Waals surface area contributed by atoms with Gasteiger partial charge in [0.2, 0.25) is 0 Å². The van der Waals surface area contributed by atoms with E-state index < -0.39 is 16.3 Å². The quantitative estimate of drug-likeness (QED) is 0.604. The van der Waals surface area contributed by atoms with Crippen molar-refractivity contribution in [2.45, 2.75) is 37.3 Å². The highest BCUT2D eigenvalue weighted by molar-refractivity contribution is 7.89. The van der Waals surface area contributed by atoms with Crippen LogP contribution in [0.2, 0.25) is 0 Å². The van der Waals surface area contributed by atoms with Gasteiger partial charge in [0.15, 0.2) is 0 Å². The lowest BCUT2D eigenvalue weighted by molar-refractivity contribution is 0.0226. The molecule has 1 N–H and O–H groups in total. The molecule has 0 amide bonds. The number of aryl methyl sites for hydroxylation is 1. The number of rotatable bonds is 5. The van der Waals surface area contributed by atoms with Crippen molar-refractivity contribution in [3.8, 4) is 0 Å². The molecule has 5 heteroatoms. The molecule has 0 saturated heterocycles. The van der Waals surface area contributed by atoms with Crippen LogP contribution in [0.25, 0.3) is 5.70 Å². The minimum absolute atomic E-state index is 0.0964. The van der Waals surface area contributed by atoms with Crippen LogP contribution >= 0.6 is 0 Å². The summed E-state index contributed by atoms with van der Waals surface area (Å²) in [6, 6.07) is 26.1. The summed E-state index contributed by atoms with van der Waals surface area (Å²) in [5.41, 5.74) is 3.31. The van der Waals surface area contributed by atoms with Crippen molar-refractivity contribution >= 4 is 15.7 Å². The largest absolute Gasteiger partial charge is 0.372 e. The van der Waals surface area contributed by atoms with E-state index in [1.54, 1.807) is 24.3 Å². The van der Waals surface area contributed by atoms with Crippen molar-refractivity contribution in [1.82, 2.24) is 4.31 Å². The van der Waals surface area contributed by atoms with E-state index in [-0.39, 0.29) is 16.7 Å². The fourth-order valence-corrected chi connectivity index (χ4v) is 5.85. The molecule has 0 aromatic heterocycles. The summed E-state index contributed by atoms with van der Waals surface area (Å²) in [4.78, 5) is 0.173. The fraction of sp³-hybridized carbons (Fsp3) is 0.231. The Labute approximate surface area is 184 Å². The van der Waals surface area contributed by atoms with Crippen LogP contribution in [0.15, 0.2) is 95.9 Å². The highest BCUT2D eigenvalue weighted by Gasteiger charge is 2.43. The summed E-state index contributed by atoms with van der Waals surface area (Å²) in [5, 5.41) is 11.4. The first-order valence-corrected chi connectivity index (χ1v) is 12.0. The van der Waals surface area contributed by atoms with Crippen molar-refractivity contribution in [3.63, 3.8) is 0 Å². The molecule has 160 valence electrons. The Morgan fingerprint density at radius 3 is 2.03 bits per heavy atom. The van der Waals surface area contributed by atoms with Gasteiger partial charge in [0.1, 0.15) is 6.23 Å². The van der Waals surface area contributed by atoms with Crippen molar-refractivity contribution in [3.05, 3.63) is 108 Å². The second kappa shape index (κ2) is 8.69. The van der Waals surface area contributed by atoms with E-state index in [0.717, 1.165) is 16.7 Å². The van der Waals surface area contributed by atoms with Crippen molar-refractivity contribution in [1.29, 1.82) is 0 Å². The predicted octanol–water partition coefficient (Wildman–Crippen LogP) is 5.17. The number of allylic oxidation sites excluding steroid dienone is 1. The zero-order valence-corrected chi connectivity index (χ0v) is 18.5. The smallest absolute Gasteiger partial charge is 0.266 e. The second-order valence-corrected chi connectivity index (χ2v) is 9.77. The summed E-state index contributed by atoms with van der Waals surface area (Å²) < 4.78 is 28.7. The van der Waals surface area contributed by atoms with Gasteiger partial charge in [-0.25, -0.2) is 12.7 Å². The minimum Gasteiger partial charge on any atom is -0.372 e. The first-order chi connectivity index (χ1) is 14.9. The Bertz CT molecular complexity index is 1160. The van der Waals surface area contributed by atoms with E-state index in [1.165, 1.54) is 4.31 Å². The zero-order valence-electron chi connectivity index (χ0n) is 17.7. The van der Waals surface area contributed by atoms with Gasteiger partial charge in [0.05, 0.1) is 10.6 Å². The van der Waals surface area contributed by atoms with Gasteiger partial charge in [-0.15, -0.1) is 0 Å². The van der Waals surface area contributed by atoms with Crippen LogP contribution in [0.1, 0.15) is 36.0 Å². The molecule has 0 unspecified atom stereocenters. The topological polar surface area (TPSA) is 57.6 Å². The molecular formula is C26H27NO3S. The molecule has 0 fully saturated rings. The number of hydrogen-bond donors (Lipinski definition) is 1. The third-order valence-corrected chi connectivity index (χ3v) is 7.76. The van der Waals surface area contributed by atoms with Crippen LogP contribution in [0.4, 0.5) is 0 Å². The Kier molecular flexibility index (Phi) is 5.99. The number of sulfonamides is 1. The monoisotopic (exact) mass is 433 g/mol. The molecule has 3 aromatic carbocycles. The van der Waals surface area contributed by atoms with E-state index in [4.69, 9.17) is 0 Å². The van der Waals surface area contributed by atoms with E-state index in [0.29, 0.717) is 12.1 Å². The molecule has 1 aliphatic heterocycles. The van der Waals surface area contributed by atoms with Gasteiger partial charge in [0.25, 0.3) is 10.0 Å². The zero-order chi connectivity index (χ0) is 22.0. The van der Waals surface area contributed by atoms with Crippen LogP contribution in [-0.2, 0) is 10.0 Å². The van der Waals surface area contributed by atoms with E-state index in [2.05, 4.69) is 0 Å². The molecule has 0 aliphatic carbocycles. The van der Waals surface area contributed by atoms with Crippen LogP contribution in [0.5, 0.6) is 0 Å². The normalized spacial score (nSPS) is 21.6.